The van der Waals surface area contributed by atoms with Crippen molar-refractivity contribution in [1.29, 1.82) is 0 Å². The van der Waals surface area contributed by atoms with Crippen molar-refractivity contribution >= 4 is 5.91 Å². The first-order valence-electron chi connectivity index (χ1n) is 21.2. The van der Waals surface area contributed by atoms with Crippen molar-refractivity contribution in [1.82, 2.24) is 5.32 Å². The van der Waals surface area contributed by atoms with E-state index < -0.39 is 36.9 Å². The Labute approximate surface area is 304 Å². The molecular weight excluding hydrogens is 610 g/mol. The van der Waals surface area contributed by atoms with Crippen LogP contribution in [0, 0.1) is 0 Å². The maximum absolute atomic E-state index is 12.4. The van der Waals surface area contributed by atoms with Gasteiger partial charge in [-0.2, -0.15) is 0 Å². The maximum atomic E-state index is 12.4. The Kier molecular flexibility index (Phi) is 37.1. The third-order valence-corrected chi connectivity index (χ3v) is 9.88. The zero-order valence-electron chi connectivity index (χ0n) is 32.4. The van der Waals surface area contributed by atoms with Gasteiger partial charge in [-0.05, 0) is 57.8 Å². The van der Waals surface area contributed by atoms with Gasteiger partial charge in [0, 0.05) is 0 Å². The molecule has 4 atom stereocenters. The molecule has 0 aromatic heterocycles. The molecule has 0 aliphatic rings. The van der Waals surface area contributed by atoms with Crippen molar-refractivity contribution < 1.29 is 25.2 Å². The predicted molar refractivity (Wildman–Crippen MR) is 210 cm³/mol. The number of unbranched alkanes of at least 4 members (excludes halogenated alkanes) is 25. The molecule has 6 nitrogen and oxygen atoms in total. The van der Waals surface area contributed by atoms with Crippen LogP contribution in [0.25, 0.3) is 0 Å². The molecule has 0 fully saturated rings. The van der Waals surface area contributed by atoms with Crippen molar-refractivity contribution in [2.24, 2.45) is 0 Å². The summed E-state index contributed by atoms with van der Waals surface area (Å²) in [4.78, 5) is 12.4. The molecule has 1 amide bonds. The van der Waals surface area contributed by atoms with Gasteiger partial charge in [0.1, 0.15) is 12.2 Å². The predicted octanol–water partition coefficient (Wildman–Crippen LogP) is 10.8. The molecule has 5 N–H and O–H groups in total. The van der Waals surface area contributed by atoms with E-state index in [-0.39, 0.29) is 0 Å². The maximum Gasteiger partial charge on any atom is 0.249 e. The average Bonchev–Trinajstić information content (AvgIpc) is 3.11. The molecule has 0 rings (SSSR count). The number of rotatable bonds is 38. The summed E-state index contributed by atoms with van der Waals surface area (Å²) in [6.07, 6.45) is 42.3. The van der Waals surface area contributed by atoms with E-state index >= 15 is 0 Å². The second-order valence-electron chi connectivity index (χ2n) is 14.7. The summed E-state index contributed by atoms with van der Waals surface area (Å²) in [5.74, 6) is -0.605. The molecule has 0 radical (unpaired) electrons. The van der Waals surface area contributed by atoms with E-state index in [2.05, 4.69) is 43.5 Å². The van der Waals surface area contributed by atoms with Crippen LogP contribution in [0.3, 0.4) is 0 Å². The quantitative estimate of drug-likeness (QED) is 0.0327. The molecule has 0 aliphatic heterocycles. The summed E-state index contributed by atoms with van der Waals surface area (Å²) >= 11 is 0. The molecule has 0 aromatic carbocycles. The smallest absolute Gasteiger partial charge is 0.249 e. The average molecular weight is 694 g/mol. The van der Waals surface area contributed by atoms with Crippen molar-refractivity contribution in [2.75, 3.05) is 6.61 Å². The summed E-state index contributed by atoms with van der Waals surface area (Å²) in [6, 6.07) is -1.00. The lowest BCUT2D eigenvalue weighted by atomic mass is 10.00. The Hall–Kier alpha value is -1.21. The van der Waals surface area contributed by atoms with Crippen molar-refractivity contribution in [3.05, 3.63) is 24.3 Å². The number of aliphatic hydroxyl groups is 4. The Morgan fingerprint density at radius 1 is 0.490 bits per heavy atom. The minimum absolute atomic E-state index is 0.348. The number of hydrogen-bond donors (Lipinski definition) is 5. The third kappa shape index (κ3) is 32.4. The normalized spacial score (nSPS) is 14.5. The lowest BCUT2D eigenvalue weighted by Gasteiger charge is -2.27. The largest absolute Gasteiger partial charge is 0.394 e. The van der Waals surface area contributed by atoms with Gasteiger partial charge >= 0.3 is 0 Å². The molecule has 4 unspecified atom stereocenters. The molecule has 49 heavy (non-hydrogen) atoms. The molecule has 0 saturated heterocycles. The molecular formula is C43H83NO5. The van der Waals surface area contributed by atoms with Crippen LogP contribution in [-0.4, -0.2) is 57.3 Å². The minimum Gasteiger partial charge on any atom is -0.394 e. The third-order valence-electron chi connectivity index (χ3n) is 9.88. The van der Waals surface area contributed by atoms with E-state index in [4.69, 9.17) is 0 Å². The fourth-order valence-electron chi connectivity index (χ4n) is 6.44. The highest BCUT2D eigenvalue weighted by atomic mass is 16.3. The number of allylic oxidation sites excluding steroid dienone is 4. The summed E-state index contributed by atoms with van der Waals surface area (Å²) in [7, 11) is 0. The lowest BCUT2D eigenvalue weighted by molar-refractivity contribution is -0.132. The van der Waals surface area contributed by atoms with Crippen molar-refractivity contribution in [3.8, 4) is 0 Å². The monoisotopic (exact) mass is 694 g/mol. The second kappa shape index (κ2) is 38.0. The number of carbonyl (C=O) groups excluding carboxylic acids is 1. The van der Waals surface area contributed by atoms with Gasteiger partial charge in [-0.15, -0.1) is 0 Å². The highest BCUT2D eigenvalue weighted by molar-refractivity contribution is 5.80. The van der Waals surface area contributed by atoms with Crippen molar-refractivity contribution in [2.45, 2.75) is 237 Å². The molecule has 0 heterocycles. The van der Waals surface area contributed by atoms with Crippen LogP contribution in [0.2, 0.25) is 0 Å². The highest BCUT2D eigenvalue weighted by Gasteiger charge is 2.28. The van der Waals surface area contributed by atoms with Crippen LogP contribution < -0.4 is 5.32 Å². The minimum atomic E-state index is -1.28. The zero-order chi connectivity index (χ0) is 36.0. The molecule has 0 saturated carbocycles. The van der Waals surface area contributed by atoms with E-state index in [1.54, 1.807) is 0 Å². The first kappa shape index (κ1) is 47.8. The number of carbonyl (C=O) groups is 1. The van der Waals surface area contributed by atoms with Crippen LogP contribution >= 0.6 is 0 Å². The Morgan fingerprint density at radius 3 is 1.29 bits per heavy atom. The van der Waals surface area contributed by atoms with Gasteiger partial charge in [-0.1, -0.05) is 179 Å². The van der Waals surface area contributed by atoms with Crippen LogP contribution in [-0.2, 0) is 4.79 Å². The molecule has 6 heteroatoms. The summed E-state index contributed by atoms with van der Waals surface area (Å²) in [6.45, 7) is 3.98. The molecule has 0 bridgehead atoms. The fourth-order valence-corrected chi connectivity index (χ4v) is 6.44. The van der Waals surface area contributed by atoms with Gasteiger partial charge in [-0.25, -0.2) is 0 Å². The van der Waals surface area contributed by atoms with Crippen LogP contribution in [0.4, 0.5) is 0 Å². The number of nitrogens with one attached hydrogen (secondary N) is 1. The topological polar surface area (TPSA) is 110 Å². The summed E-state index contributed by atoms with van der Waals surface area (Å²) < 4.78 is 0. The number of aliphatic hydroxyl groups excluding tert-OH is 4. The fraction of sp³-hybridized carbons (Fsp3) is 0.884. The van der Waals surface area contributed by atoms with Gasteiger partial charge in [0.15, 0.2) is 0 Å². The Bertz CT molecular complexity index is 742. The van der Waals surface area contributed by atoms with E-state index in [1.165, 1.54) is 128 Å². The highest BCUT2D eigenvalue weighted by Crippen LogP contribution is 2.16. The Balaban J connectivity index is 3.72. The van der Waals surface area contributed by atoms with Gasteiger partial charge in [-0.3, -0.25) is 4.79 Å². The van der Waals surface area contributed by atoms with Gasteiger partial charge in [0.25, 0.3) is 0 Å². The first-order chi connectivity index (χ1) is 24.0. The van der Waals surface area contributed by atoms with Crippen LogP contribution in [0.5, 0.6) is 0 Å². The zero-order valence-corrected chi connectivity index (χ0v) is 32.4. The number of amides is 1. The molecule has 0 spiro atoms. The van der Waals surface area contributed by atoms with E-state index in [0.29, 0.717) is 12.8 Å². The van der Waals surface area contributed by atoms with Gasteiger partial charge in [0.05, 0.1) is 18.8 Å². The summed E-state index contributed by atoms with van der Waals surface area (Å²) in [5, 5.41) is 43.5. The van der Waals surface area contributed by atoms with E-state index in [1.807, 2.05) is 0 Å². The SMILES string of the molecule is CCCC/C=C\CCCCCCC(O)C(=O)NC(CO)C(O)C(O)CCC/C=C/CCCCCCCCCCCCCCCCCCCC. The van der Waals surface area contributed by atoms with E-state index in [9.17, 15) is 25.2 Å². The molecule has 0 aromatic rings. The van der Waals surface area contributed by atoms with Gasteiger partial charge in [0.2, 0.25) is 5.91 Å². The van der Waals surface area contributed by atoms with Gasteiger partial charge < -0.3 is 25.7 Å². The van der Waals surface area contributed by atoms with Crippen LogP contribution in [0.1, 0.15) is 213 Å². The first-order valence-corrected chi connectivity index (χ1v) is 21.2. The lowest BCUT2D eigenvalue weighted by Crippen LogP contribution is -2.53. The molecule has 0 aliphatic carbocycles. The molecule has 290 valence electrons. The van der Waals surface area contributed by atoms with Crippen LogP contribution in [0.15, 0.2) is 24.3 Å². The standard InChI is InChI=1S/C43H83NO5/c1-3-5-7-9-11-13-15-16-17-18-19-20-21-22-23-24-25-26-27-29-30-32-34-36-40(46)42(48)39(38-45)44-43(49)41(47)37-35-33-31-28-14-12-10-8-6-4-2/h10,12,29-30,39-42,45-48H,3-9,11,13-28,31-38H2,1-2H3,(H,44,49)/b12-10-,30-29+. The summed E-state index contributed by atoms with van der Waals surface area (Å²) in [5.41, 5.74) is 0. The Morgan fingerprint density at radius 2 is 0.857 bits per heavy atom. The van der Waals surface area contributed by atoms with E-state index in [0.717, 1.165) is 57.8 Å². The van der Waals surface area contributed by atoms with Crippen molar-refractivity contribution in [3.63, 3.8) is 0 Å². The number of hydrogen-bond acceptors (Lipinski definition) is 5. The second-order valence-corrected chi connectivity index (χ2v) is 14.7.